The van der Waals surface area contributed by atoms with Crippen LogP contribution < -0.4 is 10.6 Å². The van der Waals surface area contributed by atoms with E-state index < -0.39 is 16.6 Å². The van der Waals surface area contributed by atoms with Crippen molar-refractivity contribution in [3.05, 3.63) is 51.3 Å². The first-order valence-corrected chi connectivity index (χ1v) is 11.2. The van der Waals surface area contributed by atoms with Crippen LogP contribution in [0.1, 0.15) is 36.7 Å². The molecule has 0 unspecified atom stereocenters. The van der Waals surface area contributed by atoms with Gasteiger partial charge < -0.3 is 15.4 Å². The lowest BCUT2D eigenvalue weighted by molar-refractivity contribution is -0.383. The molecular weight excluding hydrogens is 432 g/mol. The third kappa shape index (κ3) is 6.07. The molecule has 172 valence electrons. The van der Waals surface area contributed by atoms with Crippen LogP contribution in [0.5, 0.6) is 0 Å². The van der Waals surface area contributed by atoms with Crippen LogP contribution >= 0.6 is 12.6 Å². The number of anilines is 2. The van der Waals surface area contributed by atoms with Gasteiger partial charge in [0.15, 0.2) is 0 Å². The Morgan fingerprint density at radius 1 is 1.31 bits per heavy atom. The predicted molar refractivity (Wildman–Crippen MR) is 124 cm³/mol. The van der Waals surface area contributed by atoms with E-state index in [4.69, 9.17) is 10.5 Å². The van der Waals surface area contributed by atoms with E-state index in [-0.39, 0.29) is 42.9 Å². The third-order valence-electron chi connectivity index (χ3n) is 5.16. The maximum Gasteiger partial charge on any atom is 0.353 e. The normalized spacial score (nSPS) is 13.8. The van der Waals surface area contributed by atoms with E-state index in [0.29, 0.717) is 0 Å². The SMILES string of the molecule is CCOC(=O)CN(Cc1cccc(CN2CCCC2)c1)c1nc(CS)nc(N)c1[N+](=O)[O-]. The van der Waals surface area contributed by atoms with Gasteiger partial charge in [-0.05, 0) is 44.0 Å². The van der Waals surface area contributed by atoms with Gasteiger partial charge in [-0.2, -0.15) is 12.6 Å². The van der Waals surface area contributed by atoms with Crippen molar-refractivity contribution in [2.24, 2.45) is 0 Å². The van der Waals surface area contributed by atoms with Gasteiger partial charge in [-0.15, -0.1) is 0 Å². The van der Waals surface area contributed by atoms with E-state index in [9.17, 15) is 14.9 Å². The van der Waals surface area contributed by atoms with Crippen molar-refractivity contribution in [1.82, 2.24) is 14.9 Å². The fourth-order valence-corrected chi connectivity index (χ4v) is 3.93. The Balaban J connectivity index is 1.94. The Labute approximate surface area is 192 Å². The molecule has 1 fully saturated rings. The van der Waals surface area contributed by atoms with Gasteiger partial charge in [-0.25, -0.2) is 9.97 Å². The summed E-state index contributed by atoms with van der Waals surface area (Å²) in [6.07, 6.45) is 2.42. The molecule has 0 atom stereocenters. The molecule has 0 amide bonds. The maximum absolute atomic E-state index is 12.3. The molecule has 0 saturated carbocycles. The van der Waals surface area contributed by atoms with Crippen LogP contribution in [0.3, 0.4) is 0 Å². The molecule has 1 saturated heterocycles. The highest BCUT2D eigenvalue weighted by Gasteiger charge is 2.29. The summed E-state index contributed by atoms with van der Waals surface area (Å²) in [7, 11) is 0. The molecule has 3 rings (SSSR count). The number of likely N-dealkylation sites (tertiary alicyclic amines) is 1. The van der Waals surface area contributed by atoms with Crippen LogP contribution in [-0.2, 0) is 28.4 Å². The van der Waals surface area contributed by atoms with E-state index in [1.165, 1.54) is 17.7 Å². The number of thiol groups is 1. The van der Waals surface area contributed by atoms with Crippen molar-refractivity contribution in [2.75, 3.05) is 36.9 Å². The van der Waals surface area contributed by atoms with E-state index in [0.717, 1.165) is 30.8 Å². The van der Waals surface area contributed by atoms with Gasteiger partial charge in [-0.3, -0.25) is 19.8 Å². The molecule has 2 N–H and O–H groups in total. The number of ether oxygens (including phenoxy) is 1. The zero-order valence-corrected chi connectivity index (χ0v) is 19.0. The molecule has 2 heterocycles. The number of carbonyl (C=O) groups excluding carboxylic acids is 1. The predicted octanol–water partition coefficient (Wildman–Crippen LogP) is 2.56. The Bertz CT molecular complexity index is 967. The van der Waals surface area contributed by atoms with Crippen LogP contribution in [0.15, 0.2) is 24.3 Å². The van der Waals surface area contributed by atoms with Crippen molar-refractivity contribution in [1.29, 1.82) is 0 Å². The minimum atomic E-state index is -0.630. The van der Waals surface area contributed by atoms with Crippen LogP contribution in [0.25, 0.3) is 0 Å². The number of nitrogens with zero attached hydrogens (tertiary/aromatic N) is 5. The van der Waals surface area contributed by atoms with Crippen LogP contribution in [0, 0.1) is 10.1 Å². The molecule has 2 aromatic rings. The Kier molecular flexibility index (Phi) is 8.23. The molecule has 11 heteroatoms. The van der Waals surface area contributed by atoms with Crippen molar-refractivity contribution < 1.29 is 14.5 Å². The monoisotopic (exact) mass is 460 g/mol. The van der Waals surface area contributed by atoms with E-state index >= 15 is 0 Å². The number of nitrogen functional groups attached to an aromatic ring is 1. The van der Waals surface area contributed by atoms with Gasteiger partial charge in [-0.1, -0.05) is 24.3 Å². The minimum Gasteiger partial charge on any atom is -0.465 e. The third-order valence-corrected chi connectivity index (χ3v) is 5.44. The van der Waals surface area contributed by atoms with Crippen molar-refractivity contribution in [3.63, 3.8) is 0 Å². The average Bonchev–Trinajstić information content (AvgIpc) is 3.25. The minimum absolute atomic E-state index is 0.0236. The highest BCUT2D eigenvalue weighted by molar-refractivity contribution is 7.79. The first kappa shape index (κ1) is 23.7. The summed E-state index contributed by atoms with van der Waals surface area (Å²) in [5, 5.41) is 11.7. The van der Waals surface area contributed by atoms with E-state index in [2.05, 4.69) is 33.6 Å². The zero-order valence-electron chi connectivity index (χ0n) is 18.1. The van der Waals surface area contributed by atoms with Crippen molar-refractivity contribution in [3.8, 4) is 0 Å². The molecule has 0 spiro atoms. The summed E-state index contributed by atoms with van der Waals surface area (Å²) < 4.78 is 5.08. The summed E-state index contributed by atoms with van der Waals surface area (Å²) >= 11 is 4.17. The molecular formula is C21H28N6O4S. The van der Waals surface area contributed by atoms with Gasteiger partial charge in [0, 0.05) is 13.1 Å². The van der Waals surface area contributed by atoms with Crippen LogP contribution in [0.2, 0.25) is 0 Å². The van der Waals surface area contributed by atoms with Gasteiger partial charge >= 0.3 is 11.7 Å². The Morgan fingerprint density at radius 2 is 2.03 bits per heavy atom. The summed E-state index contributed by atoms with van der Waals surface area (Å²) in [5.41, 5.74) is 7.46. The number of hydrogen-bond donors (Lipinski definition) is 2. The number of rotatable bonds is 10. The smallest absolute Gasteiger partial charge is 0.353 e. The largest absolute Gasteiger partial charge is 0.465 e. The Morgan fingerprint density at radius 3 is 2.69 bits per heavy atom. The molecule has 0 radical (unpaired) electrons. The Hall–Kier alpha value is -2.92. The molecule has 0 bridgehead atoms. The van der Waals surface area contributed by atoms with Crippen LogP contribution in [-0.4, -0.2) is 52.0 Å². The second kappa shape index (κ2) is 11.1. The number of hydrogen-bond acceptors (Lipinski definition) is 10. The molecule has 10 nitrogen and oxygen atoms in total. The maximum atomic E-state index is 12.3. The van der Waals surface area contributed by atoms with Gasteiger partial charge in [0.25, 0.3) is 0 Å². The summed E-state index contributed by atoms with van der Waals surface area (Å²) in [5.74, 6) is -0.416. The second-order valence-electron chi connectivity index (χ2n) is 7.58. The fourth-order valence-electron chi connectivity index (χ4n) is 3.79. The summed E-state index contributed by atoms with van der Waals surface area (Å²) in [6, 6.07) is 7.97. The lowest BCUT2D eigenvalue weighted by Gasteiger charge is -2.24. The average molecular weight is 461 g/mol. The number of benzene rings is 1. The first-order chi connectivity index (χ1) is 15.4. The topological polar surface area (TPSA) is 128 Å². The van der Waals surface area contributed by atoms with Gasteiger partial charge in [0.05, 0.1) is 17.3 Å². The number of nitro groups is 1. The highest BCUT2D eigenvalue weighted by atomic mass is 32.1. The lowest BCUT2D eigenvalue weighted by atomic mass is 10.1. The first-order valence-electron chi connectivity index (χ1n) is 10.5. The highest BCUT2D eigenvalue weighted by Crippen LogP contribution is 2.32. The fraction of sp³-hybridized carbons (Fsp3) is 0.476. The van der Waals surface area contributed by atoms with Crippen molar-refractivity contribution in [2.45, 2.75) is 38.6 Å². The van der Waals surface area contributed by atoms with Crippen molar-refractivity contribution >= 4 is 35.9 Å². The number of esters is 1. The molecule has 1 aliphatic rings. The molecule has 1 aromatic carbocycles. The number of nitrogens with two attached hydrogens (primary N) is 1. The van der Waals surface area contributed by atoms with E-state index in [1.54, 1.807) is 6.92 Å². The molecule has 32 heavy (non-hydrogen) atoms. The molecule has 1 aliphatic heterocycles. The van der Waals surface area contributed by atoms with Gasteiger partial charge in [0.1, 0.15) is 12.4 Å². The van der Waals surface area contributed by atoms with Crippen LogP contribution in [0.4, 0.5) is 17.3 Å². The number of aromatic nitrogens is 2. The number of carbonyl (C=O) groups is 1. The lowest BCUT2D eigenvalue weighted by Crippen LogP contribution is -2.32. The second-order valence-corrected chi connectivity index (χ2v) is 7.89. The zero-order chi connectivity index (χ0) is 23.1. The summed E-state index contributed by atoms with van der Waals surface area (Å²) in [4.78, 5) is 35.6. The molecule has 1 aromatic heterocycles. The quantitative estimate of drug-likeness (QED) is 0.238. The van der Waals surface area contributed by atoms with E-state index in [1.807, 2.05) is 18.2 Å². The van der Waals surface area contributed by atoms with Gasteiger partial charge in [0.2, 0.25) is 11.6 Å². The standard InChI is InChI=1S/C21H28N6O4S/c1-2-31-18(28)13-26(21-19(27(29)30)20(22)23-17(14-32)24-21)12-16-7-5-6-15(10-16)11-25-8-3-4-9-25/h5-7,10,32H,2-4,8-9,11-14H2,1H3,(H2,22,23,24). The summed E-state index contributed by atoms with van der Waals surface area (Å²) in [6.45, 7) is 4.91. The molecule has 0 aliphatic carbocycles.